The van der Waals surface area contributed by atoms with Gasteiger partial charge in [-0.15, -0.1) is 0 Å². The average Bonchev–Trinajstić information content (AvgIpc) is 2.51. The number of benzene rings is 1. The van der Waals surface area contributed by atoms with E-state index in [1.807, 2.05) is 6.92 Å². The van der Waals surface area contributed by atoms with Crippen molar-refractivity contribution in [3.8, 4) is 5.75 Å². The van der Waals surface area contributed by atoms with E-state index in [9.17, 15) is 19.1 Å². The van der Waals surface area contributed by atoms with Crippen LogP contribution in [0.2, 0.25) is 0 Å². The summed E-state index contributed by atoms with van der Waals surface area (Å²) >= 11 is 0. The van der Waals surface area contributed by atoms with E-state index in [-0.39, 0.29) is 65.0 Å². The van der Waals surface area contributed by atoms with Crippen LogP contribution in [-0.4, -0.2) is 19.6 Å². The third-order valence-corrected chi connectivity index (χ3v) is 3.70. The minimum absolute atomic E-state index is 0. The summed E-state index contributed by atoms with van der Waals surface area (Å²) in [6.45, 7) is 1.59. The van der Waals surface area contributed by atoms with E-state index < -0.39 is 20.5 Å². The monoisotopic (exact) mass is 389 g/mol. The first-order valence-corrected chi connectivity index (χ1v) is 8.91. The fraction of sp³-hybridized carbons (Fsp3) is 0.533. The molecule has 130 valence electrons. The van der Waals surface area contributed by atoms with E-state index in [1.165, 1.54) is 7.11 Å². The van der Waals surface area contributed by atoms with Crippen LogP contribution >= 0.6 is 7.82 Å². The molecule has 0 aliphatic heterocycles. The molecule has 0 aromatic heterocycles. The molecule has 1 atom stereocenters. The van der Waals surface area contributed by atoms with E-state index >= 15 is 0 Å². The zero-order valence-electron chi connectivity index (χ0n) is 15.3. The maximum absolute atomic E-state index is 12.0. The number of phosphoric ester groups is 1. The Kier molecular flexibility index (Phi) is 16.3. The Morgan fingerprint density at radius 3 is 2.52 bits per heavy atom. The molecular weight excluding hydrogens is 367 g/mol. The van der Waals surface area contributed by atoms with Crippen LogP contribution in [0.25, 0.3) is 0 Å². The van der Waals surface area contributed by atoms with Crippen LogP contribution < -0.4 is 79.0 Å². The van der Waals surface area contributed by atoms with Crippen molar-refractivity contribution in [2.24, 2.45) is 0 Å². The van der Waals surface area contributed by atoms with Gasteiger partial charge in [0.2, 0.25) is 5.91 Å². The summed E-state index contributed by atoms with van der Waals surface area (Å²) in [7, 11) is -3.61. The molecule has 25 heavy (non-hydrogen) atoms. The number of amides is 1. The molecule has 7 nitrogen and oxygen atoms in total. The normalized spacial score (nSPS) is 11.7. The molecule has 0 bridgehead atoms. The van der Waals surface area contributed by atoms with Crippen LogP contribution in [0.15, 0.2) is 24.3 Å². The number of methoxy groups -OCH3 is 1. The van der Waals surface area contributed by atoms with Crippen LogP contribution in [0, 0.1) is 0 Å². The minimum Gasteiger partial charge on any atom is -0.790 e. The number of hydrogen-bond donors (Lipinski definition) is 1. The molecule has 0 saturated carbocycles. The Bertz CT molecular complexity index is 555. The minimum atomic E-state index is -5.11. The largest absolute Gasteiger partial charge is 1.00 e. The van der Waals surface area contributed by atoms with Crippen molar-refractivity contribution in [3.63, 3.8) is 0 Å². The maximum Gasteiger partial charge on any atom is 1.00 e. The first-order valence-electron chi connectivity index (χ1n) is 7.45. The number of unbranched alkanes of at least 4 members (excludes halogenated alkanes) is 2. The molecule has 10 heteroatoms. The Balaban J connectivity index is 0. The zero-order chi connectivity index (χ0) is 17.3. The predicted octanol–water partition coefficient (Wildman–Crippen LogP) is -4.71. The van der Waals surface area contributed by atoms with Gasteiger partial charge in [0, 0.05) is 6.42 Å². The first kappa shape index (κ1) is 27.8. The van der Waals surface area contributed by atoms with Gasteiger partial charge in [-0.1, -0.05) is 31.9 Å². The fourth-order valence-corrected chi connectivity index (χ4v) is 2.38. The van der Waals surface area contributed by atoms with Crippen LogP contribution in [0.5, 0.6) is 5.75 Å². The van der Waals surface area contributed by atoms with Crippen molar-refractivity contribution in [3.05, 3.63) is 29.8 Å². The second-order valence-corrected chi connectivity index (χ2v) is 6.25. The molecule has 0 aliphatic carbocycles. The van der Waals surface area contributed by atoms with Crippen LogP contribution in [-0.2, 0) is 13.9 Å². The zero-order valence-corrected chi connectivity index (χ0v) is 20.2. The van der Waals surface area contributed by atoms with Crippen molar-refractivity contribution >= 4 is 13.7 Å². The molecular formula is C15H22NNa2O6P. The van der Waals surface area contributed by atoms with Gasteiger partial charge >= 0.3 is 59.1 Å². The third kappa shape index (κ3) is 12.6. The van der Waals surface area contributed by atoms with E-state index in [0.717, 1.165) is 19.3 Å². The molecule has 1 unspecified atom stereocenters. The number of carbonyl (C=O) groups is 1. The summed E-state index contributed by atoms with van der Waals surface area (Å²) in [6, 6.07) is 6.04. The third-order valence-electron chi connectivity index (χ3n) is 3.24. The second-order valence-electron chi connectivity index (χ2n) is 5.10. The number of carbonyl (C=O) groups excluding carboxylic acids is 1. The SMILES string of the molecule is CCCCCC(=O)NC(COP(=O)([O-])[O-])c1cccc(OC)c1.[Na+].[Na+]. The molecule has 0 spiro atoms. The molecule has 1 rings (SSSR count). The summed E-state index contributed by atoms with van der Waals surface area (Å²) in [5.41, 5.74) is 0.599. The quantitative estimate of drug-likeness (QED) is 0.245. The van der Waals surface area contributed by atoms with Gasteiger partial charge in [-0.3, -0.25) is 4.79 Å². The van der Waals surface area contributed by atoms with Crippen molar-refractivity contribution in [2.75, 3.05) is 13.7 Å². The maximum atomic E-state index is 12.0. The number of rotatable bonds is 10. The van der Waals surface area contributed by atoms with E-state index in [1.54, 1.807) is 24.3 Å². The van der Waals surface area contributed by atoms with Crippen LogP contribution in [0.4, 0.5) is 0 Å². The molecule has 1 aromatic rings. The predicted molar refractivity (Wildman–Crippen MR) is 81.6 cm³/mol. The Morgan fingerprint density at radius 1 is 1.28 bits per heavy atom. The van der Waals surface area contributed by atoms with Gasteiger partial charge in [0.15, 0.2) is 0 Å². The number of ether oxygens (including phenoxy) is 1. The van der Waals surface area contributed by atoms with Gasteiger partial charge in [0.1, 0.15) is 5.75 Å². The molecule has 0 aliphatic rings. The fourth-order valence-electron chi connectivity index (χ4n) is 2.05. The van der Waals surface area contributed by atoms with Gasteiger partial charge in [0.05, 0.1) is 27.6 Å². The van der Waals surface area contributed by atoms with Crippen LogP contribution in [0.1, 0.15) is 44.2 Å². The summed E-state index contributed by atoms with van der Waals surface area (Å²) < 4.78 is 20.1. The molecule has 1 amide bonds. The average molecular weight is 389 g/mol. The smallest absolute Gasteiger partial charge is 0.790 e. The summed E-state index contributed by atoms with van der Waals surface area (Å²) in [6.07, 6.45) is 3.01. The van der Waals surface area contributed by atoms with E-state index in [2.05, 4.69) is 9.84 Å². The van der Waals surface area contributed by atoms with Gasteiger partial charge in [-0.2, -0.15) is 0 Å². The van der Waals surface area contributed by atoms with Crippen molar-refractivity contribution < 1.29 is 87.5 Å². The van der Waals surface area contributed by atoms with Gasteiger partial charge in [0.25, 0.3) is 0 Å². The second kappa shape index (κ2) is 14.6. The van der Waals surface area contributed by atoms with Crippen molar-refractivity contribution in [1.82, 2.24) is 5.32 Å². The topological polar surface area (TPSA) is 111 Å². The Labute approximate surface area is 193 Å². The summed E-state index contributed by atoms with van der Waals surface area (Å²) in [4.78, 5) is 33.4. The number of hydrogen-bond acceptors (Lipinski definition) is 6. The molecule has 1 aromatic carbocycles. The molecule has 0 saturated heterocycles. The van der Waals surface area contributed by atoms with Gasteiger partial charge in [-0.25, -0.2) is 0 Å². The Hall–Kier alpha value is 0.600. The summed E-state index contributed by atoms with van der Waals surface area (Å²) in [5.74, 6) is 0.335. The van der Waals surface area contributed by atoms with E-state index in [4.69, 9.17) is 4.74 Å². The summed E-state index contributed by atoms with van der Waals surface area (Å²) in [5, 5.41) is 2.70. The van der Waals surface area contributed by atoms with E-state index in [0.29, 0.717) is 17.7 Å². The molecule has 1 N–H and O–H groups in total. The first-order chi connectivity index (χ1) is 10.9. The molecule has 0 heterocycles. The standard InChI is InChI=1S/C15H24NO6P.2Na/c1-3-4-5-9-15(17)16-14(11-22-23(18,19)20)12-7-6-8-13(10-12)21-2;;/h6-8,10,14H,3-5,9,11H2,1-2H3,(H,16,17)(H2,18,19,20);;/q;2*+1/p-2. The van der Waals surface area contributed by atoms with Gasteiger partial charge in [-0.05, 0) is 24.1 Å². The molecule has 0 radical (unpaired) electrons. The number of nitrogens with one attached hydrogen (secondary N) is 1. The van der Waals surface area contributed by atoms with Crippen molar-refractivity contribution in [2.45, 2.75) is 38.6 Å². The van der Waals surface area contributed by atoms with Crippen molar-refractivity contribution in [1.29, 1.82) is 0 Å². The Morgan fingerprint density at radius 2 is 1.96 bits per heavy atom. The number of phosphoric acid groups is 1. The van der Waals surface area contributed by atoms with Gasteiger partial charge < -0.3 is 28.9 Å². The molecule has 0 fully saturated rings. The van der Waals surface area contributed by atoms with Crippen LogP contribution in [0.3, 0.4) is 0 Å².